The van der Waals surface area contributed by atoms with Gasteiger partial charge in [-0.05, 0) is 0 Å². The zero-order valence-electron chi connectivity index (χ0n) is 7.28. The van der Waals surface area contributed by atoms with Crippen molar-refractivity contribution < 1.29 is 30.2 Å². The number of hydrazine groups is 1. The van der Waals surface area contributed by atoms with E-state index in [1.807, 2.05) is 0 Å². The molecule has 0 saturated carbocycles. The van der Waals surface area contributed by atoms with Crippen molar-refractivity contribution in [2.75, 3.05) is 5.17 Å². The van der Waals surface area contributed by atoms with Crippen LogP contribution >= 0.6 is 0 Å². The molecule has 2 rings (SSSR count). The van der Waals surface area contributed by atoms with Gasteiger partial charge in [0, 0.05) is 12.1 Å². The molecule has 1 N–H and O–H groups in total. The first-order valence-corrected chi connectivity index (χ1v) is 5.06. The van der Waals surface area contributed by atoms with Gasteiger partial charge in [0.15, 0.2) is 17.3 Å². The van der Waals surface area contributed by atoms with Crippen LogP contribution in [0.3, 0.4) is 0 Å². The average molecular weight is 256 g/mol. The standard InChI is InChI=1S/C6H3F3N2O4S/c7-3-1-4(8)6(5(9)2-3)11-10-14-16(12,13)15-11/h1-2,10H. The number of hydrogen-bond donors (Lipinski definition) is 1. The largest absolute Gasteiger partial charge is 0.440 e. The lowest BCUT2D eigenvalue weighted by Gasteiger charge is -2.12. The van der Waals surface area contributed by atoms with E-state index in [2.05, 4.69) is 8.57 Å². The van der Waals surface area contributed by atoms with E-state index >= 15 is 0 Å². The highest BCUT2D eigenvalue weighted by Crippen LogP contribution is 2.26. The number of nitrogens with one attached hydrogen (secondary N) is 1. The van der Waals surface area contributed by atoms with Crippen molar-refractivity contribution >= 4 is 16.1 Å². The minimum Gasteiger partial charge on any atom is -0.207 e. The van der Waals surface area contributed by atoms with Gasteiger partial charge < -0.3 is 0 Å². The number of hydrogen-bond acceptors (Lipinski definition) is 6. The van der Waals surface area contributed by atoms with Crippen LogP contribution in [0.4, 0.5) is 18.9 Å². The van der Waals surface area contributed by atoms with E-state index in [4.69, 9.17) is 0 Å². The van der Waals surface area contributed by atoms with Gasteiger partial charge in [-0.1, -0.05) is 5.59 Å². The van der Waals surface area contributed by atoms with E-state index in [-0.39, 0.29) is 5.17 Å². The Bertz CT molecular complexity index is 512. The number of nitrogens with zero attached hydrogens (tertiary/aromatic N) is 1. The summed E-state index contributed by atoms with van der Waals surface area (Å²) >= 11 is 0. The maximum atomic E-state index is 13.1. The molecule has 16 heavy (non-hydrogen) atoms. The fraction of sp³-hybridized carbons (Fsp3) is 0. The van der Waals surface area contributed by atoms with Gasteiger partial charge in [-0.15, -0.1) is 13.7 Å². The second-order valence-electron chi connectivity index (χ2n) is 2.67. The number of anilines is 1. The van der Waals surface area contributed by atoms with Gasteiger partial charge in [0.2, 0.25) is 0 Å². The first-order chi connectivity index (χ1) is 7.39. The summed E-state index contributed by atoms with van der Waals surface area (Å²) in [4.78, 5) is 0. The first-order valence-electron chi connectivity index (χ1n) is 3.72. The molecule has 1 fully saturated rings. The van der Waals surface area contributed by atoms with Crippen molar-refractivity contribution in [2.24, 2.45) is 0 Å². The van der Waals surface area contributed by atoms with E-state index in [1.54, 1.807) is 5.59 Å². The van der Waals surface area contributed by atoms with Crippen molar-refractivity contribution in [1.82, 2.24) is 5.59 Å². The lowest BCUT2D eigenvalue weighted by atomic mass is 10.3. The summed E-state index contributed by atoms with van der Waals surface area (Å²) in [6, 6.07) is 0.711. The fourth-order valence-corrected chi connectivity index (χ4v) is 1.49. The van der Waals surface area contributed by atoms with Crippen LogP contribution in [0.1, 0.15) is 0 Å². The van der Waals surface area contributed by atoms with Crippen LogP contribution in [0.25, 0.3) is 0 Å². The minimum absolute atomic E-state index is 0.0828. The number of halogens is 3. The van der Waals surface area contributed by atoms with Gasteiger partial charge in [-0.2, -0.15) is 8.42 Å². The van der Waals surface area contributed by atoms with Gasteiger partial charge >= 0.3 is 10.4 Å². The molecule has 0 aliphatic carbocycles. The van der Waals surface area contributed by atoms with Crippen LogP contribution in [0.5, 0.6) is 0 Å². The van der Waals surface area contributed by atoms with Gasteiger partial charge in [-0.3, -0.25) is 0 Å². The molecule has 1 saturated heterocycles. The average Bonchev–Trinajstić information content (AvgIpc) is 2.44. The highest BCUT2D eigenvalue weighted by molar-refractivity contribution is 7.82. The molecule has 0 spiro atoms. The fourth-order valence-electron chi connectivity index (χ4n) is 1.01. The summed E-state index contributed by atoms with van der Waals surface area (Å²) < 4.78 is 67.9. The molecule has 0 unspecified atom stereocenters. The van der Waals surface area contributed by atoms with E-state index < -0.39 is 33.5 Å². The lowest BCUT2D eigenvalue weighted by molar-refractivity contribution is 0.193. The summed E-state index contributed by atoms with van der Waals surface area (Å²) in [6.45, 7) is 0. The molecular formula is C6H3F3N2O4S. The first kappa shape index (κ1) is 11.1. The summed E-state index contributed by atoms with van der Waals surface area (Å²) in [5.74, 6) is -3.86. The molecule has 10 heteroatoms. The predicted molar refractivity (Wildman–Crippen MR) is 43.0 cm³/mol. The molecule has 6 nitrogen and oxygen atoms in total. The highest BCUT2D eigenvalue weighted by atomic mass is 32.3. The van der Waals surface area contributed by atoms with Crippen molar-refractivity contribution in [3.05, 3.63) is 29.6 Å². The van der Waals surface area contributed by atoms with Crippen molar-refractivity contribution in [1.29, 1.82) is 0 Å². The maximum absolute atomic E-state index is 13.1. The summed E-state index contributed by atoms with van der Waals surface area (Å²) in [5.41, 5.74) is 0.643. The van der Waals surface area contributed by atoms with Crippen molar-refractivity contribution in [3.8, 4) is 0 Å². The van der Waals surface area contributed by atoms with Gasteiger partial charge in [0.25, 0.3) is 0 Å². The molecule has 1 heterocycles. The zero-order chi connectivity index (χ0) is 11.9. The molecule has 0 atom stereocenters. The van der Waals surface area contributed by atoms with E-state index in [9.17, 15) is 21.6 Å². The highest BCUT2D eigenvalue weighted by Gasteiger charge is 2.33. The van der Waals surface area contributed by atoms with Crippen LogP contribution in [-0.4, -0.2) is 8.42 Å². The summed E-state index contributed by atoms with van der Waals surface area (Å²) in [6.07, 6.45) is 0. The van der Waals surface area contributed by atoms with E-state index in [1.165, 1.54) is 0 Å². The van der Waals surface area contributed by atoms with Crippen LogP contribution in [0, 0.1) is 17.5 Å². The SMILES string of the molecule is O=S1(=O)ONN(c2c(F)cc(F)cc2F)O1. The van der Waals surface area contributed by atoms with Gasteiger partial charge in [-0.25, -0.2) is 13.2 Å². The summed E-state index contributed by atoms with van der Waals surface area (Å²) in [5, 5.41) is 0.0828. The Morgan fingerprint density at radius 1 is 1.19 bits per heavy atom. The Labute approximate surface area is 87.4 Å². The third-order valence-electron chi connectivity index (χ3n) is 1.57. The molecule has 0 aromatic heterocycles. The summed E-state index contributed by atoms with van der Waals surface area (Å²) in [7, 11) is -4.40. The Morgan fingerprint density at radius 3 is 2.19 bits per heavy atom. The Hall–Kier alpha value is -1.36. The molecule has 0 bridgehead atoms. The molecule has 88 valence electrons. The van der Waals surface area contributed by atoms with Crippen LogP contribution in [-0.2, 0) is 19.0 Å². The van der Waals surface area contributed by atoms with Crippen LogP contribution < -0.4 is 10.8 Å². The quantitative estimate of drug-likeness (QED) is 0.790. The molecule has 0 amide bonds. The Morgan fingerprint density at radius 2 is 1.75 bits per heavy atom. The smallest absolute Gasteiger partial charge is 0.207 e. The monoisotopic (exact) mass is 256 g/mol. The van der Waals surface area contributed by atoms with Crippen molar-refractivity contribution in [3.63, 3.8) is 0 Å². The predicted octanol–water partition coefficient (Wildman–Crippen LogP) is 0.537. The molecule has 1 aliphatic heterocycles. The zero-order valence-corrected chi connectivity index (χ0v) is 8.09. The second-order valence-corrected chi connectivity index (χ2v) is 3.80. The third kappa shape index (κ3) is 1.95. The number of rotatable bonds is 1. The maximum Gasteiger partial charge on any atom is 0.440 e. The van der Waals surface area contributed by atoms with E-state index in [0.29, 0.717) is 12.1 Å². The van der Waals surface area contributed by atoms with Gasteiger partial charge in [0.05, 0.1) is 0 Å². The van der Waals surface area contributed by atoms with E-state index in [0.717, 1.165) is 0 Å². The molecule has 0 radical (unpaired) electrons. The van der Waals surface area contributed by atoms with Crippen molar-refractivity contribution in [2.45, 2.75) is 0 Å². The molecule has 1 aromatic rings. The second kappa shape index (κ2) is 3.59. The Balaban J connectivity index is 2.42. The topological polar surface area (TPSA) is 67.9 Å². The minimum atomic E-state index is -4.40. The normalized spacial score (nSPS) is 19.1. The molecule has 1 aromatic carbocycles. The lowest BCUT2D eigenvalue weighted by Crippen LogP contribution is -2.30. The van der Waals surface area contributed by atoms with Gasteiger partial charge in [0.1, 0.15) is 5.82 Å². The molecular weight excluding hydrogens is 253 g/mol. The third-order valence-corrected chi connectivity index (χ3v) is 2.18. The Kier molecular flexibility index (Phi) is 2.50. The number of benzene rings is 1. The van der Waals surface area contributed by atoms with Crippen LogP contribution in [0.15, 0.2) is 12.1 Å². The molecule has 1 aliphatic rings. The van der Waals surface area contributed by atoms with Crippen LogP contribution in [0.2, 0.25) is 0 Å².